The number of nitro groups is 1. The molecule has 1 N–H and O–H groups in total. The third-order valence-electron chi connectivity index (χ3n) is 3.91. The van der Waals surface area contributed by atoms with Crippen molar-refractivity contribution in [2.24, 2.45) is 7.05 Å². The summed E-state index contributed by atoms with van der Waals surface area (Å²) in [6.45, 7) is 0. The highest BCUT2D eigenvalue weighted by Gasteiger charge is 2.21. The molecular weight excluding hydrogens is 315 g/mol. The van der Waals surface area contributed by atoms with Gasteiger partial charge >= 0.3 is 0 Å². The van der Waals surface area contributed by atoms with E-state index < -0.39 is 16.6 Å². The largest absolute Gasteiger partial charge is 0.307 e. The van der Waals surface area contributed by atoms with Crippen LogP contribution in [0.2, 0.25) is 0 Å². The van der Waals surface area contributed by atoms with Crippen LogP contribution in [0.15, 0.2) is 24.3 Å². The standard InChI is InChI=1S/C16H15FN4O3/c1-20-16(12-3-2-4-13(12)19-20)18-15(22)8-6-10-5-7-11(17)9-14(10)21(23)24/h5-9H,2-4H2,1H3,(H,18,22). The molecule has 0 unspecified atom stereocenters. The summed E-state index contributed by atoms with van der Waals surface area (Å²) in [5, 5.41) is 18.0. The first-order valence-electron chi connectivity index (χ1n) is 7.43. The van der Waals surface area contributed by atoms with Gasteiger partial charge in [0.15, 0.2) is 0 Å². The Morgan fingerprint density at radius 3 is 3.00 bits per heavy atom. The molecule has 0 saturated carbocycles. The van der Waals surface area contributed by atoms with E-state index in [1.807, 2.05) is 0 Å². The molecular formula is C16H15FN4O3. The molecule has 1 aromatic heterocycles. The summed E-state index contributed by atoms with van der Waals surface area (Å²) in [4.78, 5) is 22.4. The van der Waals surface area contributed by atoms with E-state index in [2.05, 4.69) is 10.4 Å². The SMILES string of the molecule is Cn1nc2c(c1NC(=O)C=Cc1ccc(F)cc1[N+](=O)[O-])CCC2. The van der Waals surface area contributed by atoms with Crippen molar-refractivity contribution in [3.8, 4) is 0 Å². The predicted octanol–water partition coefficient (Wildman–Crippen LogP) is 2.61. The van der Waals surface area contributed by atoms with E-state index in [1.54, 1.807) is 11.7 Å². The van der Waals surface area contributed by atoms with Gasteiger partial charge in [0, 0.05) is 18.7 Å². The molecule has 0 atom stereocenters. The fourth-order valence-corrected chi connectivity index (χ4v) is 2.82. The lowest BCUT2D eigenvalue weighted by molar-refractivity contribution is -0.385. The van der Waals surface area contributed by atoms with Gasteiger partial charge in [0.2, 0.25) is 5.91 Å². The van der Waals surface area contributed by atoms with Crippen LogP contribution in [0, 0.1) is 15.9 Å². The molecule has 0 spiro atoms. The minimum Gasteiger partial charge on any atom is -0.307 e. The van der Waals surface area contributed by atoms with Crippen molar-refractivity contribution in [1.29, 1.82) is 0 Å². The van der Waals surface area contributed by atoms with Gasteiger partial charge in [0.05, 0.1) is 22.2 Å². The number of aromatic nitrogens is 2. The van der Waals surface area contributed by atoms with E-state index in [1.165, 1.54) is 18.2 Å². The Morgan fingerprint density at radius 1 is 1.46 bits per heavy atom. The minimum atomic E-state index is -0.700. The number of anilines is 1. The highest BCUT2D eigenvalue weighted by molar-refractivity contribution is 6.02. The Labute approximate surface area is 136 Å². The smallest absolute Gasteiger partial charge is 0.279 e. The van der Waals surface area contributed by atoms with Gasteiger partial charge in [-0.2, -0.15) is 5.10 Å². The number of amides is 1. The predicted molar refractivity (Wildman–Crippen MR) is 86.0 cm³/mol. The van der Waals surface area contributed by atoms with Crippen molar-refractivity contribution in [1.82, 2.24) is 9.78 Å². The van der Waals surface area contributed by atoms with Crippen molar-refractivity contribution >= 4 is 23.5 Å². The number of aryl methyl sites for hydroxylation is 2. The minimum absolute atomic E-state index is 0.159. The Bertz CT molecular complexity index is 857. The van der Waals surface area contributed by atoms with Gasteiger partial charge in [-0.3, -0.25) is 19.6 Å². The number of benzene rings is 1. The zero-order chi connectivity index (χ0) is 17.3. The quantitative estimate of drug-likeness (QED) is 0.530. The third kappa shape index (κ3) is 3.03. The van der Waals surface area contributed by atoms with Crippen molar-refractivity contribution in [3.05, 3.63) is 57.0 Å². The van der Waals surface area contributed by atoms with Crippen molar-refractivity contribution in [2.75, 3.05) is 5.32 Å². The summed E-state index contributed by atoms with van der Waals surface area (Å²) in [7, 11) is 1.75. The first-order valence-corrected chi connectivity index (χ1v) is 7.43. The van der Waals surface area contributed by atoms with E-state index >= 15 is 0 Å². The van der Waals surface area contributed by atoms with Gasteiger partial charge in [-0.15, -0.1) is 0 Å². The molecule has 0 bridgehead atoms. The van der Waals surface area contributed by atoms with Crippen LogP contribution in [0.3, 0.4) is 0 Å². The molecule has 24 heavy (non-hydrogen) atoms. The monoisotopic (exact) mass is 330 g/mol. The number of hydrogen-bond donors (Lipinski definition) is 1. The zero-order valence-electron chi connectivity index (χ0n) is 13.0. The number of nitro benzene ring substituents is 1. The number of nitrogens with zero attached hydrogens (tertiary/aromatic N) is 3. The normalized spacial score (nSPS) is 13.2. The highest BCUT2D eigenvalue weighted by Crippen LogP contribution is 2.28. The molecule has 124 valence electrons. The molecule has 3 rings (SSSR count). The summed E-state index contributed by atoms with van der Waals surface area (Å²) >= 11 is 0. The van der Waals surface area contributed by atoms with Crippen molar-refractivity contribution in [3.63, 3.8) is 0 Å². The first kappa shape index (κ1) is 15.9. The second-order valence-electron chi connectivity index (χ2n) is 5.53. The average molecular weight is 330 g/mol. The molecule has 0 fully saturated rings. The van der Waals surface area contributed by atoms with Crippen LogP contribution in [0.4, 0.5) is 15.9 Å². The molecule has 8 heteroatoms. The molecule has 0 aliphatic heterocycles. The van der Waals surface area contributed by atoms with Crippen LogP contribution in [-0.4, -0.2) is 20.6 Å². The number of carbonyl (C=O) groups is 1. The summed E-state index contributed by atoms with van der Waals surface area (Å²) in [5.74, 6) is -0.481. The number of halogens is 1. The van der Waals surface area contributed by atoms with Crippen molar-refractivity contribution < 1.29 is 14.1 Å². The van der Waals surface area contributed by atoms with E-state index in [4.69, 9.17) is 0 Å². The Hall–Kier alpha value is -3.03. The van der Waals surface area contributed by atoms with Gasteiger partial charge in [-0.1, -0.05) is 0 Å². The molecule has 1 amide bonds. The van der Waals surface area contributed by atoms with Crippen molar-refractivity contribution in [2.45, 2.75) is 19.3 Å². The second-order valence-corrected chi connectivity index (χ2v) is 5.53. The molecule has 1 aliphatic rings. The van der Waals surface area contributed by atoms with E-state index in [9.17, 15) is 19.3 Å². The van der Waals surface area contributed by atoms with E-state index in [0.29, 0.717) is 5.82 Å². The van der Waals surface area contributed by atoms with Crippen LogP contribution < -0.4 is 5.32 Å². The number of hydrogen-bond acceptors (Lipinski definition) is 4. The summed E-state index contributed by atoms with van der Waals surface area (Å²) in [6, 6.07) is 3.20. The lowest BCUT2D eigenvalue weighted by Crippen LogP contribution is -2.12. The summed E-state index contributed by atoms with van der Waals surface area (Å²) < 4.78 is 14.7. The molecule has 1 aromatic carbocycles. The van der Waals surface area contributed by atoms with Gasteiger partial charge in [-0.05, 0) is 37.5 Å². The maximum Gasteiger partial charge on any atom is 0.279 e. The fraction of sp³-hybridized carbons (Fsp3) is 0.250. The molecule has 0 radical (unpaired) electrons. The van der Waals surface area contributed by atoms with Crippen LogP contribution in [-0.2, 0) is 24.7 Å². The average Bonchev–Trinajstić information content (AvgIpc) is 3.09. The number of rotatable bonds is 4. The van der Waals surface area contributed by atoms with Crippen LogP contribution >= 0.6 is 0 Å². The maximum absolute atomic E-state index is 13.1. The molecule has 7 nitrogen and oxygen atoms in total. The number of fused-ring (bicyclic) bond motifs is 1. The Morgan fingerprint density at radius 2 is 2.25 bits per heavy atom. The van der Waals surface area contributed by atoms with Crippen LogP contribution in [0.1, 0.15) is 23.2 Å². The number of carbonyl (C=O) groups excluding carboxylic acids is 1. The third-order valence-corrected chi connectivity index (χ3v) is 3.91. The fourth-order valence-electron chi connectivity index (χ4n) is 2.82. The highest BCUT2D eigenvalue weighted by atomic mass is 19.1. The van der Waals surface area contributed by atoms with Gasteiger partial charge in [0.25, 0.3) is 5.69 Å². The maximum atomic E-state index is 13.1. The number of nitrogens with one attached hydrogen (secondary N) is 1. The van der Waals surface area contributed by atoms with Gasteiger partial charge in [0.1, 0.15) is 11.6 Å². The topological polar surface area (TPSA) is 90.1 Å². The summed E-state index contributed by atoms with van der Waals surface area (Å²) in [5.41, 5.74) is 1.80. The first-order chi connectivity index (χ1) is 11.5. The summed E-state index contributed by atoms with van der Waals surface area (Å²) in [6.07, 6.45) is 5.26. The lowest BCUT2D eigenvalue weighted by atomic mass is 10.1. The molecule has 0 saturated heterocycles. The molecule has 2 aromatic rings. The van der Waals surface area contributed by atoms with Gasteiger partial charge < -0.3 is 5.32 Å². The van der Waals surface area contributed by atoms with Gasteiger partial charge in [-0.25, -0.2) is 4.39 Å². The van der Waals surface area contributed by atoms with E-state index in [0.717, 1.165) is 42.7 Å². The Kier molecular flexibility index (Phi) is 4.11. The lowest BCUT2D eigenvalue weighted by Gasteiger charge is -2.05. The van der Waals surface area contributed by atoms with Crippen LogP contribution in [0.5, 0.6) is 0 Å². The molecule has 1 aliphatic carbocycles. The van der Waals surface area contributed by atoms with Crippen LogP contribution in [0.25, 0.3) is 6.08 Å². The molecule has 1 heterocycles. The zero-order valence-corrected chi connectivity index (χ0v) is 13.0. The second kappa shape index (κ2) is 6.23. The van der Waals surface area contributed by atoms with E-state index in [-0.39, 0.29) is 11.3 Å². The Balaban J connectivity index is 1.79.